The molecule has 112 valence electrons. The molecule has 0 N–H and O–H groups in total. The molecule has 0 unspecified atom stereocenters. The number of halogens is 1. The van der Waals surface area contributed by atoms with Gasteiger partial charge in [0.2, 0.25) is 6.10 Å². The minimum Gasteiger partial charge on any atom is -0.482 e. The fourth-order valence-electron chi connectivity index (χ4n) is 2.52. The van der Waals surface area contributed by atoms with Crippen molar-refractivity contribution in [2.45, 2.75) is 19.1 Å². The van der Waals surface area contributed by atoms with Gasteiger partial charge in [-0.1, -0.05) is 42.5 Å². The van der Waals surface area contributed by atoms with E-state index in [4.69, 9.17) is 4.74 Å². The zero-order valence-corrected chi connectivity index (χ0v) is 12.1. The lowest BCUT2D eigenvalue weighted by atomic mass is 10.0. The van der Waals surface area contributed by atoms with E-state index in [2.05, 4.69) is 0 Å². The van der Waals surface area contributed by atoms with Crippen molar-refractivity contribution in [1.29, 1.82) is 0 Å². The van der Waals surface area contributed by atoms with Crippen LogP contribution in [0.1, 0.15) is 30.2 Å². The highest BCUT2D eigenvalue weighted by molar-refractivity contribution is 5.84. The van der Waals surface area contributed by atoms with Gasteiger partial charge in [0, 0.05) is 11.8 Å². The molecule has 2 atom stereocenters. The number of nitrogens with zero attached hydrogens (tertiary/aromatic N) is 1. The van der Waals surface area contributed by atoms with Gasteiger partial charge >= 0.3 is 0 Å². The highest BCUT2D eigenvalue weighted by Gasteiger charge is 2.32. The Morgan fingerprint density at radius 2 is 1.77 bits per heavy atom. The average molecular weight is 297 g/mol. The van der Waals surface area contributed by atoms with Gasteiger partial charge in [-0.05, 0) is 24.6 Å². The van der Waals surface area contributed by atoms with Crippen molar-refractivity contribution in [3.63, 3.8) is 0 Å². The van der Waals surface area contributed by atoms with E-state index >= 15 is 0 Å². The Morgan fingerprint density at radius 3 is 2.45 bits per heavy atom. The molecule has 0 saturated carbocycles. The molecular formula is C18H16FNO2. The van der Waals surface area contributed by atoms with Gasteiger partial charge in [0.15, 0.2) is 0 Å². The van der Waals surface area contributed by atoms with E-state index in [9.17, 15) is 9.18 Å². The molecule has 1 aliphatic heterocycles. The SMILES string of the molecule is C[C@@H](c1ccccc1)N1C=CO[C@@H](c2ccc(F)cc2)C1=O. The van der Waals surface area contributed by atoms with Crippen LogP contribution < -0.4 is 0 Å². The first-order valence-electron chi connectivity index (χ1n) is 7.11. The van der Waals surface area contributed by atoms with Crippen LogP contribution in [0.15, 0.2) is 67.1 Å². The van der Waals surface area contributed by atoms with Gasteiger partial charge in [0.25, 0.3) is 5.91 Å². The molecule has 1 aliphatic rings. The molecule has 22 heavy (non-hydrogen) atoms. The maximum absolute atomic E-state index is 13.0. The number of hydrogen-bond acceptors (Lipinski definition) is 2. The standard InChI is InChI=1S/C18H16FNO2/c1-13(14-5-3-2-4-6-14)20-11-12-22-17(18(20)21)15-7-9-16(19)10-8-15/h2-13,17H,1H3/t13-,17-/m0/s1. The summed E-state index contributed by atoms with van der Waals surface area (Å²) in [7, 11) is 0. The summed E-state index contributed by atoms with van der Waals surface area (Å²) in [6.07, 6.45) is 2.41. The number of ether oxygens (including phenoxy) is 1. The Bertz CT molecular complexity index is 682. The molecule has 0 aliphatic carbocycles. The maximum Gasteiger partial charge on any atom is 0.272 e. The van der Waals surface area contributed by atoms with E-state index in [1.54, 1.807) is 23.2 Å². The van der Waals surface area contributed by atoms with E-state index in [-0.39, 0.29) is 17.8 Å². The molecule has 2 aromatic rings. The summed E-state index contributed by atoms with van der Waals surface area (Å²) in [5.74, 6) is -0.498. The molecule has 0 saturated heterocycles. The molecule has 2 aromatic carbocycles. The lowest BCUT2D eigenvalue weighted by molar-refractivity contribution is -0.142. The summed E-state index contributed by atoms with van der Waals surface area (Å²) in [4.78, 5) is 14.3. The molecule has 4 heteroatoms. The van der Waals surface area contributed by atoms with Gasteiger partial charge in [-0.15, -0.1) is 0 Å². The summed E-state index contributed by atoms with van der Waals surface area (Å²) in [6, 6.07) is 15.5. The van der Waals surface area contributed by atoms with Crippen molar-refractivity contribution in [1.82, 2.24) is 4.90 Å². The third-order valence-electron chi connectivity index (χ3n) is 3.79. The number of amides is 1. The molecule has 3 nitrogen and oxygen atoms in total. The average Bonchev–Trinajstić information content (AvgIpc) is 2.56. The van der Waals surface area contributed by atoms with Crippen molar-refractivity contribution in [2.75, 3.05) is 0 Å². The summed E-state index contributed by atoms with van der Waals surface area (Å²) < 4.78 is 18.5. The largest absolute Gasteiger partial charge is 0.482 e. The minimum atomic E-state index is -0.739. The second-order valence-corrected chi connectivity index (χ2v) is 5.18. The summed E-state index contributed by atoms with van der Waals surface area (Å²) in [5.41, 5.74) is 1.68. The highest BCUT2D eigenvalue weighted by Crippen LogP contribution is 2.30. The first kappa shape index (κ1) is 14.3. The Morgan fingerprint density at radius 1 is 1.09 bits per heavy atom. The number of rotatable bonds is 3. The third-order valence-corrected chi connectivity index (χ3v) is 3.79. The number of carbonyl (C=O) groups is 1. The topological polar surface area (TPSA) is 29.5 Å². The number of benzene rings is 2. The number of carbonyl (C=O) groups excluding carboxylic acids is 1. The second kappa shape index (κ2) is 6.02. The van der Waals surface area contributed by atoms with Gasteiger partial charge in [-0.3, -0.25) is 4.79 Å². The molecular weight excluding hydrogens is 281 g/mol. The predicted octanol–water partition coefficient (Wildman–Crippen LogP) is 3.96. The fraction of sp³-hybridized carbons (Fsp3) is 0.167. The lowest BCUT2D eigenvalue weighted by Crippen LogP contribution is -2.36. The summed E-state index contributed by atoms with van der Waals surface area (Å²) >= 11 is 0. The van der Waals surface area contributed by atoms with Crippen molar-refractivity contribution >= 4 is 5.91 Å². The maximum atomic E-state index is 13.0. The van der Waals surface area contributed by atoms with E-state index in [0.717, 1.165) is 5.56 Å². The van der Waals surface area contributed by atoms with Crippen LogP contribution in [-0.2, 0) is 9.53 Å². The molecule has 0 radical (unpaired) electrons. The first-order chi connectivity index (χ1) is 10.7. The van der Waals surface area contributed by atoms with Crippen molar-refractivity contribution in [2.24, 2.45) is 0 Å². The van der Waals surface area contributed by atoms with Gasteiger partial charge in [0.05, 0.1) is 6.04 Å². The van der Waals surface area contributed by atoms with Crippen LogP contribution in [0.25, 0.3) is 0 Å². The van der Waals surface area contributed by atoms with Crippen LogP contribution in [0.2, 0.25) is 0 Å². The van der Waals surface area contributed by atoms with E-state index in [0.29, 0.717) is 5.56 Å². The van der Waals surface area contributed by atoms with Crippen LogP contribution >= 0.6 is 0 Å². The summed E-state index contributed by atoms with van der Waals surface area (Å²) in [6.45, 7) is 1.96. The molecule has 0 spiro atoms. The zero-order valence-electron chi connectivity index (χ0n) is 12.1. The monoisotopic (exact) mass is 297 g/mol. The van der Waals surface area contributed by atoms with Crippen LogP contribution in [0.3, 0.4) is 0 Å². The third kappa shape index (κ3) is 2.72. The predicted molar refractivity (Wildman–Crippen MR) is 81.1 cm³/mol. The van der Waals surface area contributed by atoms with Crippen LogP contribution in [0.5, 0.6) is 0 Å². The highest BCUT2D eigenvalue weighted by atomic mass is 19.1. The Kier molecular flexibility index (Phi) is 3.92. The normalized spacial score (nSPS) is 18.9. The molecule has 0 fully saturated rings. The Labute approximate surface area is 128 Å². The Balaban J connectivity index is 1.85. The summed E-state index contributed by atoms with van der Waals surface area (Å²) in [5, 5.41) is 0. The number of hydrogen-bond donors (Lipinski definition) is 0. The Hall–Kier alpha value is -2.62. The van der Waals surface area contributed by atoms with Crippen LogP contribution in [0.4, 0.5) is 4.39 Å². The smallest absolute Gasteiger partial charge is 0.272 e. The zero-order chi connectivity index (χ0) is 15.5. The van der Waals surface area contributed by atoms with E-state index < -0.39 is 6.10 Å². The molecule has 0 bridgehead atoms. The minimum absolute atomic E-state index is 0.100. The second-order valence-electron chi connectivity index (χ2n) is 5.18. The first-order valence-corrected chi connectivity index (χ1v) is 7.11. The van der Waals surface area contributed by atoms with Crippen LogP contribution in [0, 0.1) is 5.82 Å². The molecule has 1 amide bonds. The van der Waals surface area contributed by atoms with Gasteiger partial charge in [-0.25, -0.2) is 4.39 Å². The fourth-order valence-corrected chi connectivity index (χ4v) is 2.52. The van der Waals surface area contributed by atoms with Crippen molar-refractivity contribution in [3.05, 3.63) is 84.0 Å². The van der Waals surface area contributed by atoms with Gasteiger partial charge in [-0.2, -0.15) is 0 Å². The van der Waals surface area contributed by atoms with E-state index in [1.165, 1.54) is 18.4 Å². The van der Waals surface area contributed by atoms with Gasteiger partial charge in [0.1, 0.15) is 12.1 Å². The molecule has 0 aromatic heterocycles. The molecule has 3 rings (SSSR count). The van der Waals surface area contributed by atoms with Crippen molar-refractivity contribution < 1.29 is 13.9 Å². The quantitative estimate of drug-likeness (QED) is 0.858. The van der Waals surface area contributed by atoms with Crippen molar-refractivity contribution in [3.8, 4) is 0 Å². The van der Waals surface area contributed by atoms with E-state index in [1.807, 2.05) is 37.3 Å². The lowest BCUT2D eigenvalue weighted by Gasteiger charge is -2.32. The van der Waals surface area contributed by atoms with Crippen LogP contribution in [-0.4, -0.2) is 10.8 Å². The molecule has 1 heterocycles. The van der Waals surface area contributed by atoms with Gasteiger partial charge < -0.3 is 9.64 Å².